The summed E-state index contributed by atoms with van der Waals surface area (Å²) in [5.74, 6) is 0.955. The van der Waals surface area contributed by atoms with Gasteiger partial charge in [0.2, 0.25) is 5.95 Å². The maximum Gasteiger partial charge on any atom is 0.203 e. The number of rotatable bonds is 6. The van der Waals surface area contributed by atoms with Crippen molar-refractivity contribution >= 4 is 16.7 Å². The van der Waals surface area contributed by atoms with Crippen molar-refractivity contribution in [1.82, 2.24) is 9.55 Å². The fourth-order valence-corrected chi connectivity index (χ4v) is 2.61. The number of benzene rings is 2. The van der Waals surface area contributed by atoms with Crippen LogP contribution in [0.4, 0.5) is 5.95 Å². The van der Waals surface area contributed by atoms with Crippen LogP contribution in [0.15, 0.2) is 54.9 Å². The highest BCUT2D eigenvalue weighted by Gasteiger charge is 2.04. The third-order valence-electron chi connectivity index (χ3n) is 3.78. The summed E-state index contributed by atoms with van der Waals surface area (Å²) in [4.78, 5) is 4.42. The molecule has 0 saturated heterocycles. The van der Waals surface area contributed by atoms with Crippen molar-refractivity contribution in [2.75, 3.05) is 5.32 Å². The van der Waals surface area contributed by atoms with Crippen LogP contribution in [0.25, 0.3) is 10.8 Å². The van der Waals surface area contributed by atoms with Crippen LogP contribution in [0.3, 0.4) is 0 Å². The lowest BCUT2D eigenvalue weighted by Gasteiger charge is -2.11. The van der Waals surface area contributed by atoms with Crippen LogP contribution >= 0.6 is 0 Å². The van der Waals surface area contributed by atoms with Crippen molar-refractivity contribution in [3.05, 3.63) is 60.4 Å². The molecule has 3 aromatic rings. The van der Waals surface area contributed by atoms with E-state index in [4.69, 9.17) is 0 Å². The van der Waals surface area contributed by atoms with Gasteiger partial charge in [-0.25, -0.2) is 4.98 Å². The number of imidazole rings is 1. The van der Waals surface area contributed by atoms with Crippen LogP contribution in [0, 0.1) is 0 Å². The van der Waals surface area contributed by atoms with E-state index in [1.807, 2.05) is 12.4 Å². The zero-order valence-corrected chi connectivity index (χ0v) is 12.4. The van der Waals surface area contributed by atoms with Crippen LogP contribution in [-0.2, 0) is 13.1 Å². The molecule has 0 aliphatic carbocycles. The van der Waals surface area contributed by atoms with Gasteiger partial charge in [0.25, 0.3) is 0 Å². The first kappa shape index (κ1) is 13.7. The molecule has 0 aliphatic heterocycles. The molecule has 3 rings (SSSR count). The average molecular weight is 279 g/mol. The van der Waals surface area contributed by atoms with Gasteiger partial charge in [-0.05, 0) is 22.8 Å². The van der Waals surface area contributed by atoms with Crippen molar-refractivity contribution in [1.29, 1.82) is 0 Å². The van der Waals surface area contributed by atoms with Gasteiger partial charge < -0.3 is 9.88 Å². The maximum atomic E-state index is 4.42. The molecular weight excluding hydrogens is 258 g/mol. The predicted octanol–water partition coefficient (Wildman–Crippen LogP) is 4.45. The molecule has 0 amide bonds. The number of hydrogen-bond donors (Lipinski definition) is 1. The van der Waals surface area contributed by atoms with Crippen molar-refractivity contribution in [3.8, 4) is 0 Å². The quantitative estimate of drug-likeness (QED) is 0.722. The van der Waals surface area contributed by atoms with E-state index in [0.717, 1.165) is 19.0 Å². The highest BCUT2D eigenvalue weighted by atomic mass is 15.2. The Morgan fingerprint density at radius 1 is 1.10 bits per heavy atom. The molecule has 0 atom stereocenters. The number of nitrogens with one attached hydrogen (secondary N) is 1. The second-order valence-electron chi connectivity index (χ2n) is 5.29. The van der Waals surface area contributed by atoms with Crippen LogP contribution in [0.5, 0.6) is 0 Å². The maximum absolute atomic E-state index is 4.42. The Morgan fingerprint density at radius 2 is 1.95 bits per heavy atom. The summed E-state index contributed by atoms with van der Waals surface area (Å²) >= 11 is 0. The molecule has 3 heteroatoms. The number of anilines is 1. The molecule has 1 aromatic heterocycles. The van der Waals surface area contributed by atoms with Gasteiger partial charge in [0.15, 0.2) is 0 Å². The van der Waals surface area contributed by atoms with Crippen LogP contribution < -0.4 is 5.32 Å². The minimum atomic E-state index is 0.796. The molecule has 2 aromatic carbocycles. The van der Waals surface area contributed by atoms with Crippen molar-refractivity contribution in [2.45, 2.75) is 32.9 Å². The Kier molecular flexibility index (Phi) is 4.20. The number of fused-ring (bicyclic) bond motifs is 1. The summed E-state index contributed by atoms with van der Waals surface area (Å²) in [5, 5.41) is 6.05. The number of hydrogen-bond acceptors (Lipinski definition) is 2. The molecule has 3 nitrogen and oxygen atoms in total. The number of aryl methyl sites for hydroxylation is 1. The van der Waals surface area contributed by atoms with Gasteiger partial charge in [-0.3, -0.25) is 0 Å². The van der Waals surface area contributed by atoms with Gasteiger partial charge in [0.05, 0.1) is 0 Å². The molecular formula is C18H21N3. The molecule has 0 aliphatic rings. The molecule has 0 fully saturated rings. The number of unbranched alkanes of at least 4 members (excludes halogenated alkanes) is 1. The number of aromatic nitrogens is 2. The second kappa shape index (κ2) is 6.44. The second-order valence-corrected chi connectivity index (χ2v) is 5.29. The standard InChI is InChI=1S/C18H21N3/c1-2-3-12-21-13-11-19-18(21)20-14-16-9-6-8-15-7-4-5-10-17(15)16/h4-11,13H,2-3,12,14H2,1H3,(H,19,20). The molecule has 21 heavy (non-hydrogen) atoms. The van der Waals surface area contributed by atoms with E-state index in [1.165, 1.54) is 29.2 Å². The summed E-state index contributed by atoms with van der Waals surface area (Å²) in [6.45, 7) is 4.03. The summed E-state index contributed by atoms with van der Waals surface area (Å²) in [6, 6.07) is 14.9. The van der Waals surface area contributed by atoms with E-state index >= 15 is 0 Å². The minimum Gasteiger partial charge on any atom is -0.352 e. The average Bonchev–Trinajstić information content (AvgIpc) is 2.98. The normalized spacial score (nSPS) is 10.9. The molecule has 0 radical (unpaired) electrons. The first-order chi connectivity index (χ1) is 10.4. The SMILES string of the molecule is CCCCn1ccnc1NCc1cccc2ccccc12. The van der Waals surface area contributed by atoms with Crippen molar-refractivity contribution in [3.63, 3.8) is 0 Å². The van der Waals surface area contributed by atoms with Crippen LogP contribution in [0.1, 0.15) is 25.3 Å². The lowest BCUT2D eigenvalue weighted by atomic mass is 10.0. The van der Waals surface area contributed by atoms with Gasteiger partial charge in [0.1, 0.15) is 0 Å². The highest BCUT2D eigenvalue weighted by molar-refractivity contribution is 5.85. The van der Waals surface area contributed by atoms with Gasteiger partial charge in [-0.15, -0.1) is 0 Å². The first-order valence-electron chi connectivity index (χ1n) is 7.60. The zero-order valence-electron chi connectivity index (χ0n) is 12.4. The van der Waals surface area contributed by atoms with Crippen molar-refractivity contribution < 1.29 is 0 Å². The van der Waals surface area contributed by atoms with E-state index < -0.39 is 0 Å². The highest BCUT2D eigenvalue weighted by Crippen LogP contribution is 2.19. The van der Waals surface area contributed by atoms with E-state index in [2.05, 4.69) is 64.3 Å². The van der Waals surface area contributed by atoms with Gasteiger partial charge in [-0.1, -0.05) is 55.8 Å². The minimum absolute atomic E-state index is 0.796. The smallest absolute Gasteiger partial charge is 0.203 e. The Balaban J connectivity index is 1.76. The number of nitrogens with zero attached hydrogens (tertiary/aromatic N) is 2. The van der Waals surface area contributed by atoms with E-state index in [1.54, 1.807) is 0 Å². The van der Waals surface area contributed by atoms with E-state index in [0.29, 0.717) is 0 Å². The molecule has 108 valence electrons. The Bertz CT molecular complexity index is 710. The molecule has 1 heterocycles. The fraction of sp³-hybridized carbons (Fsp3) is 0.278. The largest absolute Gasteiger partial charge is 0.352 e. The predicted molar refractivity (Wildman–Crippen MR) is 88.4 cm³/mol. The summed E-state index contributed by atoms with van der Waals surface area (Å²) in [7, 11) is 0. The van der Waals surface area contributed by atoms with E-state index in [9.17, 15) is 0 Å². The van der Waals surface area contributed by atoms with Crippen LogP contribution in [0.2, 0.25) is 0 Å². The van der Waals surface area contributed by atoms with Gasteiger partial charge in [-0.2, -0.15) is 0 Å². The molecule has 0 spiro atoms. The Morgan fingerprint density at radius 3 is 2.86 bits per heavy atom. The molecule has 0 bridgehead atoms. The van der Waals surface area contributed by atoms with Crippen LogP contribution in [-0.4, -0.2) is 9.55 Å². The third kappa shape index (κ3) is 3.07. The Hall–Kier alpha value is -2.29. The van der Waals surface area contributed by atoms with Crippen molar-refractivity contribution in [2.24, 2.45) is 0 Å². The monoisotopic (exact) mass is 279 g/mol. The van der Waals surface area contributed by atoms with Gasteiger partial charge in [0, 0.05) is 25.5 Å². The lowest BCUT2D eigenvalue weighted by molar-refractivity contribution is 0.635. The Labute approximate surface area is 125 Å². The third-order valence-corrected chi connectivity index (χ3v) is 3.78. The molecule has 1 N–H and O–H groups in total. The summed E-state index contributed by atoms with van der Waals surface area (Å²) in [5.41, 5.74) is 1.30. The first-order valence-corrected chi connectivity index (χ1v) is 7.60. The van der Waals surface area contributed by atoms with Gasteiger partial charge >= 0.3 is 0 Å². The molecule has 0 saturated carbocycles. The lowest BCUT2D eigenvalue weighted by Crippen LogP contribution is -2.07. The molecule has 0 unspecified atom stereocenters. The summed E-state index contributed by atoms with van der Waals surface area (Å²) in [6.07, 6.45) is 6.28. The summed E-state index contributed by atoms with van der Waals surface area (Å²) < 4.78 is 2.19. The van der Waals surface area contributed by atoms with E-state index in [-0.39, 0.29) is 0 Å². The topological polar surface area (TPSA) is 29.9 Å². The zero-order chi connectivity index (χ0) is 14.5. The fourth-order valence-electron chi connectivity index (χ4n) is 2.61.